The second kappa shape index (κ2) is 6.92. The van der Waals surface area contributed by atoms with Gasteiger partial charge in [0.05, 0.1) is 23.1 Å². The lowest BCUT2D eigenvalue weighted by Crippen LogP contribution is -2.36. The zero-order valence-corrected chi connectivity index (χ0v) is 17.2. The Bertz CT molecular complexity index is 1260. The number of rotatable bonds is 4. The van der Waals surface area contributed by atoms with Gasteiger partial charge in [0.25, 0.3) is 0 Å². The van der Waals surface area contributed by atoms with Gasteiger partial charge in [-0.15, -0.1) is 0 Å². The van der Waals surface area contributed by atoms with Crippen molar-refractivity contribution in [3.05, 3.63) is 65.6 Å². The number of carbonyl (C=O) groups excluding carboxylic acids is 1. The number of nitrogens with zero attached hydrogens (tertiary/aromatic N) is 4. The van der Waals surface area contributed by atoms with Gasteiger partial charge in [-0.2, -0.15) is 10.2 Å². The Morgan fingerprint density at radius 1 is 1.09 bits per heavy atom. The molecule has 0 N–H and O–H groups in total. The maximum absolute atomic E-state index is 14.4. The van der Waals surface area contributed by atoms with Crippen LogP contribution in [-0.4, -0.2) is 26.9 Å². The van der Waals surface area contributed by atoms with Crippen LogP contribution in [-0.2, 0) is 11.3 Å². The highest BCUT2D eigenvalue weighted by atomic mass is 19.1. The van der Waals surface area contributed by atoms with Crippen molar-refractivity contribution in [1.82, 2.24) is 14.8 Å². The molecule has 0 radical (unpaired) electrons. The van der Waals surface area contributed by atoms with Crippen LogP contribution in [0.2, 0.25) is 0 Å². The summed E-state index contributed by atoms with van der Waals surface area (Å²) in [6.45, 7) is 0.630. The number of hydrogen-bond donors (Lipinski definition) is 0. The summed E-state index contributed by atoms with van der Waals surface area (Å²) >= 11 is 0. The summed E-state index contributed by atoms with van der Waals surface area (Å²) in [5, 5.41) is 10.4. The second-order valence-electron chi connectivity index (χ2n) is 9.35. The number of fused-ring (bicyclic) bond motifs is 2. The minimum atomic E-state index is -0.620. The predicted octanol–water partition coefficient (Wildman–Crippen LogP) is 4.83. The van der Waals surface area contributed by atoms with Gasteiger partial charge in [-0.1, -0.05) is 6.07 Å². The summed E-state index contributed by atoms with van der Waals surface area (Å²) in [7, 11) is 0. The van der Waals surface area contributed by atoms with Gasteiger partial charge >= 0.3 is 0 Å². The number of hydrazone groups is 1. The molecule has 5 nitrogen and oxygen atoms in total. The number of amides is 1. The molecule has 3 fully saturated rings. The van der Waals surface area contributed by atoms with Crippen molar-refractivity contribution in [2.75, 3.05) is 0 Å². The fourth-order valence-corrected chi connectivity index (χ4v) is 5.96. The predicted molar refractivity (Wildman–Crippen MR) is 112 cm³/mol. The van der Waals surface area contributed by atoms with E-state index in [1.165, 1.54) is 11.1 Å². The monoisotopic (exact) mass is 438 g/mol. The number of benzene rings is 2. The van der Waals surface area contributed by atoms with E-state index in [9.17, 15) is 18.0 Å². The van der Waals surface area contributed by atoms with Crippen molar-refractivity contribution in [1.29, 1.82) is 0 Å². The third kappa shape index (κ3) is 2.88. The molecular weight excluding hydrogens is 417 g/mol. The molecular formula is C24H21F3N4O. The third-order valence-electron chi connectivity index (χ3n) is 7.42. The first kappa shape index (κ1) is 19.5. The summed E-state index contributed by atoms with van der Waals surface area (Å²) in [5.74, 6) is -1.46. The smallest absolute Gasteiger partial charge is 0.246 e. The Kier molecular flexibility index (Phi) is 4.22. The molecule has 0 spiro atoms. The fraction of sp³-hybridized carbons (Fsp3) is 0.375. The molecule has 1 aliphatic heterocycles. The zero-order valence-electron chi connectivity index (χ0n) is 17.2. The molecule has 1 aromatic heterocycles. The highest BCUT2D eigenvalue weighted by molar-refractivity contribution is 5.83. The van der Waals surface area contributed by atoms with Crippen molar-refractivity contribution < 1.29 is 18.0 Å². The van der Waals surface area contributed by atoms with Gasteiger partial charge in [-0.05, 0) is 60.9 Å². The Balaban J connectivity index is 1.21. The highest BCUT2D eigenvalue weighted by Crippen LogP contribution is 2.63. The molecule has 0 saturated heterocycles. The first-order valence-corrected chi connectivity index (χ1v) is 10.8. The molecule has 4 aliphatic rings. The lowest BCUT2D eigenvalue weighted by atomic mass is 9.69. The lowest BCUT2D eigenvalue weighted by molar-refractivity contribution is -0.138. The Morgan fingerprint density at radius 2 is 1.94 bits per heavy atom. The maximum Gasteiger partial charge on any atom is 0.246 e. The maximum atomic E-state index is 14.4. The summed E-state index contributed by atoms with van der Waals surface area (Å²) in [6.07, 6.45) is 5.99. The van der Waals surface area contributed by atoms with E-state index in [2.05, 4.69) is 10.2 Å². The molecule has 32 heavy (non-hydrogen) atoms. The van der Waals surface area contributed by atoms with Gasteiger partial charge in [0.2, 0.25) is 5.91 Å². The molecule has 3 aliphatic carbocycles. The third-order valence-corrected chi connectivity index (χ3v) is 7.42. The summed E-state index contributed by atoms with van der Waals surface area (Å²) in [6, 6.07) is 7.63. The molecule has 3 aromatic rings. The van der Waals surface area contributed by atoms with Crippen LogP contribution < -0.4 is 0 Å². The van der Waals surface area contributed by atoms with Crippen LogP contribution in [0, 0.1) is 34.7 Å². The minimum Gasteiger partial charge on any atom is -0.273 e. The summed E-state index contributed by atoms with van der Waals surface area (Å²) in [4.78, 5) is 13.4. The molecule has 2 aromatic carbocycles. The number of carbonyl (C=O) groups is 1. The standard InChI is InChI=1S/C24H21F3N4O/c25-15-4-5-20(27)16(8-15)22-6-7-28-31(22)23(32)17-11-24(9-14(17)10-24)13-30-21-3-1-2-19(26)18(21)12-29-30/h1-5,7-8,12,14,17,22H,6,9-11,13H2. The first-order chi connectivity index (χ1) is 15.4. The lowest BCUT2D eigenvalue weighted by Gasteiger charge is -2.38. The van der Waals surface area contributed by atoms with Crippen LogP contribution in [0.1, 0.15) is 37.3 Å². The van der Waals surface area contributed by atoms with Crippen molar-refractivity contribution in [2.45, 2.75) is 38.3 Å². The molecule has 8 heteroatoms. The normalized spacial score (nSPS) is 28.5. The average Bonchev–Trinajstić information content (AvgIpc) is 3.52. The van der Waals surface area contributed by atoms with Crippen LogP contribution in [0.3, 0.4) is 0 Å². The van der Waals surface area contributed by atoms with Gasteiger partial charge in [0.15, 0.2) is 0 Å². The van der Waals surface area contributed by atoms with Crippen LogP contribution in [0.4, 0.5) is 13.2 Å². The Hall–Kier alpha value is -3.16. The largest absolute Gasteiger partial charge is 0.273 e. The fourth-order valence-electron chi connectivity index (χ4n) is 5.96. The Labute approximate surface area is 182 Å². The van der Waals surface area contributed by atoms with E-state index in [-0.39, 0.29) is 34.5 Å². The molecule has 2 unspecified atom stereocenters. The quantitative estimate of drug-likeness (QED) is 0.586. The van der Waals surface area contributed by atoms with Gasteiger partial charge in [-0.3, -0.25) is 9.48 Å². The average molecular weight is 438 g/mol. The van der Waals surface area contributed by atoms with Gasteiger partial charge in [0, 0.05) is 30.7 Å². The molecule has 2 bridgehead atoms. The van der Waals surface area contributed by atoms with Gasteiger partial charge in [-0.25, -0.2) is 18.2 Å². The van der Waals surface area contributed by atoms with E-state index in [1.807, 2.05) is 10.7 Å². The van der Waals surface area contributed by atoms with Crippen molar-refractivity contribution in [3.8, 4) is 0 Å². The van der Waals surface area contributed by atoms with Crippen LogP contribution >= 0.6 is 0 Å². The zero-order chi connectivity index (χ0) is 22.0. The van der Waals surface area contributed by atoms with E-state index in [4.69, 9.17) is 0 Å². The molecule has 7 rings (SSSR count). The second-order valence-corrected chi connectivity index (χ2v) is 9.35. The van der Waals surface area contributed by atoms with Crippen LogP contribution in [0.5, 0.6) is 0 Å². The van der Waals surface area contributed by atoms with E-state index in [0.717, 1.165) is 36.6 Å². The van der Waals surface area contributed by atoms with E-state index >= 15 is 0 Å². The van der Waals surface area contributed by atoms with E-state index < -0.39 is 17.7 Å². The molecule has 3 saturated carbocycles. The van der Waals surface area contributed by atoms with Crippen LogP contribution in [0.15, 0.2) is 47.7 Å². The highest BCUT2D eigenvalue weighted by Gasteiger charge is 2.59. The van der Waals surface area contributed by atoms with Crippen LogP contribution in [0.25, 0.3) is 10.9 Å². The number of aromatic nitrogens is 2. The number of halogens is 3. The van der Waals surface area contributed by atoms with Crippen molar-refractivity contribution in [2.24, 2.45) is 22.4 Å². The topological polar surface area (TPSA) is 50.5 Å². The summed E-state index contributed by atoms with van der Waals surface area (Å²) in [5.41, 5.74) is 0.851. The molecule has 2 atom stereocenters. The number of hydrogen-bond acceptors (Lipinski definition) is 3. The van der Waals surface area contributed by atoms with Gasteiger partial charge in [0.1, 0.15) is 17.5 Å². The van der Waals surface area contributed by atoms with E-state index in [1.54, 1.807) is 18.5 Å². The Morgan fingerprint density at radius 3 is 2.78 bits per heavy atom. The van der Waals surface area contributed by atoms with E-state index in [0.29, 0.717) is 24.8 Å². The molecule has 164 valence electrons. The molecule has 2 heterocycles. The minimum absolute atomic E-state index is 0.0562. The van der Waals surface area contributed by atoms with Crippen molar-refractivity contribution >= 4 is 23.0 Å². The van der Waals surface area contributed by atoms with Gasteiger partial charge < -0.3 is 0 Å². The van der Waals surface area contributed by atoms with Crippen molar-refractivity contribution in [3.63, 3.8) is 0 Å². The molecule has 1 amide bonds. The summed E-state index contributed by atoms with van der Waals surface area (Å²) < 4.78 is 43.9. The SMILES string of the molecule is O=C(C1CC2(Cn3ncc4c(F)cccc43)CC1C2)N1N=CCC1c1cc(F)ccc1F. The first-order valence-electron chi connectivity index (χ1n) is 10.8.